The fourth-order valence-corrected chi connectivity index (χ4v) is 4.22. The number of piperidine rings is 1. The first-order valence-electron chi connectivity index (χ1n) is 10.6. The van der Waals surface area contributed by atoms with Crippen LogP contribution in [0.2, 0.25) is 0 Å². The molecule has 0 bridgehead atoms. The van der Waals surface area contributed by atoms with Gasteiger partial charge in [-0.15, -0.1) is 12.4 Å². The Bertz CT molecular complexity index is 867. The van der Waals surface area contributed by atoms with Crippen LogP contribution in [0.5, 0.6) is 5.75 Å². The van der Waals surface area contributed by atoms with Crippen LogP contribution in [0.3, 0.4) is 0 Å². The van der Waals surface area contributed by atoms with Crippen LogP contribution in [0.25, 0.3) is 21.9 Å². The number of halogens is 1. The van der Waals surface area contributed by atoms with E-state index in [2.05, 4.69) is 30.0 Å². The molecule has 0 unspecified atom stereocenters. The molecule has 2 heterocycles. The van der Waals surface area contributed by atoms with Crippen LogP contribution in [-0.2, 0) is 0 Å². The number of ether oxygens (including phenoxy) is 1. The van der Waals surface area contributed by atoms with E-state index in [9.17, 15) is 0 Å². The van der Waals surface area contributed by atoms with E-state index >= 15 is 0 Å². The summed E-state index contributed by atoms with van der Waals surface area (Å²) < 4.78 is 12.0. The van der Waals surface area contributed by atoms with Gasteiger partial charge < -0.3 is 14.1 Å². The molecule has 152 valence electrons. The van der Waals surface area contributed by atoms with Gasteiger partial charge in [0, 0.05) is 10.8 Å². The van der Waals surface area contributed by atoms with Gasteiger partial charge in [0.05, 0.1) is 6.61 Å². The smallest absolute Gasteiger partial charge is 0.135 e. The van der Waals surface area contributed by atoms with Crippen molar-refractivity contribution in [2.24, 2.45) is 5.92 Å². The second-order valence-electron chi connectivity index (χ2n) is 7.89. The summed E-state index contributed by atoms with van der Waals surface area (Å²) in [6.45, 7) is 6.90. The predicted octanol–water partition coefficient (Wildman–Crippen LogP) is 6.68. The van der Waals surface area contributed by atoms with Crippen molar-refractivity contribution in [1.29, 1.82) is 0 Å². The van der Waals surface area contributed by atoms with Gasteiger partial charge in [-0.1, -0.05) is 38.0 Å². The van der Waals surface area contributed by atoms with Gasteiger partial charge in [-0.25, -0.2) is 0 Å². The summed E-state index contributed by atoms with van der Waals surface area (Å²) in [6, 6.07) is 14.4. The van der Waals surface area contributed by atoms with Gasteiger partial charge in [-0.05, 0) is 75.5 Å². The molecule has 4 heteroatoms. The summed E-state index contributed by atoms with van der Waals surface area (Å²) in [6.07, 6.45) is 7.84. The van der Waals surface area contributed by atoms with Gasteiger partial charge in [0.2, 0.25) is 0 Å². The van der Waals surface area contributed by atoms with Crippen molar-refractivity contribution in [2.75, 3.05) is 26.2 Å². The number of benzene rings is 2. The summed E-state index contributed by atoms with van der Waals surface area (Å²) in [4.78, 5) is 2.64. The third-order valence-corrected chi connectivity index (χ3v) is 5.93. The Labute approximate surface area is 174 Å². The van der Waals surface area contributed by atoms with Crippen molar-refractivity contribution in [1.82, 2.24) is 4.90 Å². The molecule has 1 saturated heterocycles. The molecule has 28 heavy (non-hydrogen) atoms. The van der Waals surface area contributed by atoms with Gasteiger partial charge in [-0.3, -0.25) is 0 Å². The second kappa shape index (κ2) is 10.2. The van der Waals surface area contributed by atoms with Crippen LogP contribution in [-0.4, -0.2) is 31.1 Å². The van der Waals surface area contributed by atoms with Gasteiger partial charge in [-0.2, -0.15) is 0 Å². The number of unbranched alkanes of at least 4 members (excludes halogenated alkanes) is 2. The molecule has 0 aliphatic carbocycles. The molecule has 3 nitrogen and oxygen atoms in total. The lowest BCUT2D eigenvalue weighted by Gasteiger charge is -2.31. The highest BCUT2D eigenvalue weighted by atomic mass is 35.5. The number of furan rings is 1. The predicted molar refractivity (Wildman–Crippen MR) is 120 cm³/mol. The van der Waals surface area contributed by atoms with Crippen molar-refractivity contribution in [3.05, 3.63) is 42.5 Å². The van der Waals surface area contributed by atoms with Crippen LogP contribution in [0.15, 0.2) is 46.9 Å². The first-order chi connectivity index (χ1) is 13.3. The SMILES string of the molecule is CCCCCN1CCC(CCOc2ccc3oc4ccccc4c3c2)CC1.Cl. The maximum absolute atomic E-state index is 6.09. The highest BCUT2D eigenvalue weighted by molar-refractivity contribution is 6.05. The number of likely N-dealkylation sites (tertiary alicyclic amines) is 1. The first kappa shape index (κ1) is 21.0. The van der Waals surface area contributed by atoms with Gasteiger partial charge >= 0.3 is 0 Å². The molecule has 2 aromatic carbocycles. The fourth-order valence-electron chi connectivity index (χ4n) is 4.22. The third-order valence-electron chi connectivity index (χ3n) is 5.93. The van der Waals surface area contributed by atoms with Gasteiger partial charge in [0.25, 0.3) is 0 Å². The quantitative estimate of drug-likeness (QED) is 0.393. The lowest BCUT2D eigenvalue weighted by atomic mass is 9.94. The monoisotopic (exact) mass is 401 g/mol. The number of nitrogens with zero attached hydrogens (tertiary/aromatic N) is 1. The average Bonchev–Trinajstić information content (AvgIpc) is 3.07. The van der Waals surface area contributed by atoms with E-state index in [0.717, 1.165) is 46.6 Å². The zero-order valence-electron chi connectivity index (χ0n) is 16.9. The Hall–Kier alpha value is -1.71. The molecule has 0 saturated carbocycles. The van der Waals surface area contributed by atoms with Crippen molar-refractivity contribution >= 4 is 34.3 Å². The number of fused-ring (bicyclic) bond motifs is 3. The summed E-state index contributed by atoms with van der Waals surface area (Å²) in [5, 5.41) is 2.30. The lowest BCUT2D eigenvalue weighted by molar-refractivity contribution is 0.161. The van der Waals surface area contributed by atoms with E-state index in [0.29, 0.717) is 0 Å². The van der Waals surface area contributed by atoms with Gasteiger partial charge in [0.1, 0.15) is 16.9 Å². The maximum Gasteiger partial charge on any atom is 0.135 e. The molecule has 0 spiro atoms. The second-order valence-corrected chi connectivity index (χ2v) is 7.89. The van der Waals surface area contributed by atoms with E-state index in [1.54, 1.807) is 0 Å². The first-order valence-corrected chi connectivity index (χ1v) is 10.6. The van der Waals surface area contributed by atoms with Crippen molar-refractivity contribution in [2.45, 2.75) is 45.4 Å². The zero-order chi connectivity index (χ0) is 18.5. The van der Waals surface area contributed by atoms with E-state index in [1.165, 1.54) is 51.7 Å². The van der Waals surface area contributed by atoms with Crippen LogP contribution >= 0.6 is 12.4 Å². The van der Waals surface area contributed by atoms with E-state index < -0.39 is 0 Å². The van der Waals surface area contributed by atoms with Crippen LogP contribution in [0.1, 0.15) is 45.4 Å². The minimum absolute atomic E-state index is 0. The molecule has 4 rings (SSSR count). The number of hydrogen-bond acceptors (Lipinski definition) is 3. The standard InChI is InChI=1S/C24H31NO2.ClH/c1-2-3-6-14-25-15-11-19(12-16-25)13-17-26-20-9-10-24-22(18-20)21-7-4-5-8-23(21)27-24;/h4-5,7-10,18-19H,2-3,6,11-17H2,1H3;1H. The molecule has 1 aliphatic rings. The Balaban J connectivity index is 0.00000225. The molecule has 0 amide bonds. The summed E-state index contributed by atoms with van der Waals surface area (Å²) in [5.74, 6) is 1.76. The topological polar surface area (TPSA) is 25.6 Å². The minimum Gasteiger partial charge on any atom is -0.494 e. The zero-order valence-corrected chi connectivity index (χ0v) is 17.7. The maximum atomic E-state index is 6.09. The molecular weight excluding hydrogens is 370 g/mol. The summed E-state index contributed by atoms with van der Waals surface area (Å²) in [5.41, 5.74) is 1.87. The largest absolute Gasteiger partial charge is 0.494 e. The van der Waals surface area contributed by atoms with Crippen LogP contribution in [0, 0.1) is 5.92 Å². The van der Waals surface area contributed by atoms with Crippen LogP contribution in [0.4, 0.5) is 0 Å². The molecule has 1 aliphatic heterocycles. The molecular formula is C24H32ClNO2. The van der Waals surface area contributed by atoms with E-state index in [4.69, 9.17) is 9.15 Å². The number of rotatable bonds is 8. The summed E-state index contributed by atoms with van der Waals surface area (Å²) >= 11 is 0. The Kier molecular flexibility index (Phi) is 7.64. The van der Waals surface area contributed by atoms with Crippen molar-refractivity contribution in [3.8, 4) is 5.75 Å². The third kappa shape index (κ3) is 5.01. The highest BCUT2D eigenvalue weighted by Gasteiger charge is 2.18. The number of hydrogen-bond donors (Lipinski definition) is 0. The van der Waals surface area contributed by atoms with Gasteiger partial charge in [0.15, 0.2) is 0 Å². The van der Waals surface area contributed by atoms with E-state index in [1.807, 2.05) is 24.3 Å². The molecule has 1 fully saturated rings. The Morgan fingerprint density at radius 2 is 1.79 bits per heavy atom. The molecule has 0 N–H and O–H groups in total. The fraction of sp³-hybridized carbons (Fsp3) is 0.500. The normalized spacial score (nSPS) is 15.8. The van der Waals surface area contributed by atoms with Crippen LogP contribution < -0.4 is 4.74 Å². The number of para-hydroxylation sites is 1. The van der Waals surface area contributed by atoms with Crippen molar-refractivity contribution in [3.63, 3.8) is 0 Å². The molecule has 0 atom stereocenters. The molecule has 1 aromatic heterocycles. The summed E-state index contributed by atoms with van der Waals surface area (Å²) in [7, 11) is 0. The lowest BCUT2D eigenvalue weighted by Crippen LogP contribution is -2.34. The average molecular weight is 402 g/mol. The molecule has 3 aromatic rings. The molecule has 0 radical (unpaired) electrons. The Morgan fingerprint density at radius 3 is 2.61 bits per heavy atom. The van der Waals surface area contributed by atoms with Crippen molar-refractivity contribution < 1.29 is 9.15 Å². The van der Waals surface area contributed by atoms with E-state index in [-0.39, 0.29) is 12.4 Å². The highest BCUT2D eigenvalue weighted by Crippen LogP contribution is 2.31. The Morgan fingerprint density at radius 1 is 1.00 bits per heavy atom. The minimum atomic E-state index is 0.